The van der Waals surface area contributed by atoms with E-state index in [1.54, 1.807) is 43.3 Å². The standard InChI is InChI=1S/C23H19N3O5S/c1-13-11-19-20(25-23(29)22(28)24-19)12-21(13)32(30,31)26-16-9-7-15(8-10-16)18-6-4-3-5-17(18)14(2)27/h3-12,26H,1-2H3,(H,24,28)(H,25,29). The lowest BCUT2D eigenvalue weighted by Crippen LogP contribution is -2.29. The highest BCUT2D eigenvalue weighted by molar-refractivity contribution is 7.92. The molecule has 0 saturated carbocycles. The predicted molar refractivity (Wildman–Crippen MR) is 123 cm³/mol. The lowest BCUT2D eigenvalue weighted by atomic mass is 9.97. The number of carbonyl (C=O) groups excluding carboxylic acids is 1. The van der Waals surface area contributed by atoms with E-state index < -0.39 is 21.1 Å². The lowest BCUT2D eigenvalue weighted by Gasteiger charge is -2.12. The Balaban J connectivity index is 1.68. The second-order valence-electron chi connectivity index (χ2n) is 7.36. The zero-order valence-electron chi connectivity index (χ0n) is 17.2. The molecule has 0 bridgehead atoms. The Morgan fingerprint density at radius 3 is 2.09 bits per heavy atom. The van der Waals surface area contributed by atoms with Gasteiger partial charge in [-0.25, -0.2) is 8.42 Å². The maximum Gasteiger partial charge on any atom is 0.314 e. The number of rotatable bonds is 5. The van der Waals surface area contributed by atoms with Crippen molar-refractivity contribution in [3.63, 3.8) is 0 Å². The van der Waals surface area contributed by atoms with Crippen LogP contribution in [0.25, 0.3) is 22.2 Å². The summed E-state index contributed by atoms with van der Waals surface area (Å²) in [6.07, 6.45) is 0. The number of ketones is 1. The van der Waals surface area contributed by atoms with Crippen molar-refractivity contribution in [3.8, 4) is 11.1 Å². The van der Waals surface area contributed by atoms with Gasteiger partial charge in [0.1, 0.15) is 0 Å². The number of aryl methyl sites for hydroxylation is 1. The summed E-state index contributed by atoms with van der Waals surface area (Å²) in [5, 5.41) is 0. The summed E-state index contributed by atoms with van der Waals surface area (Å²) in [5.74, 6) is -0.0588. The van der Waals surface area contributed by atoms with Gasteiger partial charge in [-0.05, 0) is 54.8 Å². The van der Waals surface area contributed by atoms with Crippen molar-refractivity contribution in [3.05, 3.63) is 92.5 Å². The summed E-state index contributed by atoms with van der Waals surface area (Å²) in [5.41, 5.74) is 1.73. The molecule has 0 unspecified atom stereocenters. The fraction of sp³-hybridized carbons (Fsp3) is 0.0870. The zero-order valence-corrected chi connectivity index (χ0v) is 18.0. The van der Waals surface area contributed by atoms with Gasteiger partial charge in [-0.2, -0.15) is 0 Å². The minimum absolute atomic E-state index is 0.0290. The number of sulfonamides is 1. The number of fused-ring (bicyclic) bond motifs is 1. The van der Waals surface area contributed by atoms with Crippen molar-refractivity contribution in [1.82, 2.24) is 9.97 Å². The summed E-state index contributed by atoms with van der Waals surface area (Å²) in [6, 6.07) is 16.7. The fourth-order valence-electron chi connectivity index (χ4n) is 3.51. The molecule has 0 aliphatic heterocycles. The fourth-order valence-corrected chi connectivity index (χ4v) is 4.82. The molecule has 0 spiro atoms. The number of hydrogen-bond acceptors (Lipinski definition) is 5. The first-order valence-corrected chi connectivity index (χ1v) is 11.1. The smallest absolute Gasteiger partial charge is 0.314 e. The summed E-state index contributed by atoms with van der Waals surface area (Å²) in [4.78, 5) is 39.8. The van der Waals surface area contributed by atoms with Gasteiger partial charge in [0.05, 0.1) is 15.9 Å². The van der Waals surface area contributed by atoms with Crippen LogP contribution in [0.3, 0.4) is 0 Å². The van der Waals surface area contributed by atoms with Crippen molar-refractivity contribution >= 4 is 32.5 Å². The molecule has 8 nitrogen and oxygen atoms in total. The van der Waals surface area contributed by atoms with Gasteiger partial charge in [0.25, 0.3) is 10.0 Å². The van der Waals surface area contributed by atoms with Crippen molar-refractivity contribution < 1.29 is 13.2 Å². The molecule has 0 fully saturated rings. The molecule has 0 saturated heterocycles. The van der Waals surface area contributed by atoms with Crippen LogP contribution in [0, 0.1) is 6.92 Å². The molecule has 32 heavy (non-hydrogen) atoms. The van der Waals surface area contributed by atoms with E-state index in [9.17, 15) is 22.8 Å². The van der Waals surface area contributed by atoms with Gasteiger partial charge in [0, 0.05) is 11.3 Å². The Labute approximate surface area is 183 Å². The topological polar surface area (TPSA) is 129 Å². The van der Waals surface area contributed by atoms with E-state index in [1.165, 1.54) is 19.1 Å². The molecule has 1 heterocycles. The first-order chi connectivity index (χ1) is 15.2. The second kappa shape index (κ2) is 7.93. The number of nitrogens with one attached hydrogen (secondary N) is 3. The monoisotopic (exact) mass is 449 g/mol. The van der Waals surface area contributed by atoms with E-state index in [2.05, 4.69) is 14.7 Å². The largest absolute Gasteiger partial charge is 0.316 e. The summed E-state index contributed by atoms with van der Waals surface area (Å²) in [7, 11) is -3.98. The number of aromatic amines is 2. The molecule has 9 heteroatoms. The van der Waals surface area contributed by atoms with E-state index in [0.29, 0.717) is 22.3 Å². The van der Waals surface area contributed by atoms with Crippen molar-refractivity contribution in [1.29, 1.82) is 0 Å². The van der Waals surface area contributed by atoms with Crippen LogP contribution in [0.5, 0.6) is 0 Å². The van der Waals surface area contributed by atoms with Crippen molar-refractivity contribution in [2.45, 2.75) is 18.7 Å². The molecule has 1 aromatic heterocycles. The van der Waals surface area contributed by atoms with Crippen LogP contribution >= 0.6 is 0 Å². The lowest BCUT2D eigenvalue weighted by molar-refractivity contribution is 0.101. The van der Waals surface area contributed by atoms with Crippen LogP contribution in [-0.4, -0.2) is 24.2 Å². The van der Waals surface area contributed by atoms with Crippen LogP contribution in [0.4, 0.5) is 5.69 Å². The first kappa shape index (κ1) is 21.3. The molecule has 3 N–H and O–H groups in total. The van der Waals surface area contributed by atoms with E-state index >= 15 is 0 Å². The molecular formula is C23H19N3O5S. The molecule has 4 rings (SSSR count). The minimum Gasteiger partial charge on any atom is -0.316 e. The third-order valence-electron chi connectivity index (χ3n) is 5.06. The zero-order chi connectivity index (χ0) is 23.0. The van der Waals surface area contributed by atoms with Gasteiger partial charge >= 0.3 is 11.1 Å². The number of aromatic nitrogens is 2. The molecule has 0 amide bonds. The maximum atomic E-state index is 13.0. The van der Waals surface area contributed by atoms with E-state index in [4.69, 9.17) is 0 Å². The number of H-pyrrole nitrogens is 2. The quantitative estimate of drug-likeness (QED) is 0.318. The number of benzene rings is 3. The molecule has 0 aliphatic carbocycles. The highest BCUT2D eigenvalue weighted by Gasteiger charge is 2.19. The average molecular weight is 449 g/mol. The second-order valence-corrected chi connectivity index (χ2v) is 9.01. The Kier molecular flexibility index (Phi) is 5.27. The predicted octanol–water partition coefficient (Wildman–Crippen LogP) is 3.20. The van der Waals surface area contributed by atoms with E-state index in [0.717, 1.165) is 11.1 Å². The van der Waals surface area contributed by atoms with Crippen LogP contribution in [-0.2, 0) is 10.0 Å². The molecule has 0 radical (unpaired) electrons. The molecule has 162 valence electrons. The van der Waals surface area contributed by atoms with Crippen LogP contribution in [0.1, 0.15) is 22.8 Å². The van der Waals surface area contributed by atoms with E-state index in [1.807, 2.05) is 12.1 Å². The molecule has 0 aliphatic rings. The Hall–Kier alpha value is -3.98. The third-order valence-corrected chi connectivity index (χ3v) is 6.59. The number of carbonyl (C=O) groups is 1. The maximum absolute atomic E-state index is 13.0. The molecular weight excluding hydrogens is 430 g/mol. The van der Waals surface area contributed by atoms with Gasteiger partial charge in [0.2, 0.25) is 0 Å². The van der Waals surface area contributed by atoms with Gasteiger partial charge in [-0.15, -0.1) is 0 Å². The Morgan fingerprint density at radius 1 is 0.875 bits per heavy atom. The highest BCUT2D eigenvalue weighted by atomic mass is 32.2. The van der Waals surface area contributed by atoms with Gasteiger partial charge < -0.3 is 9.97 Å². The molecule has 4 aromatic rings. The highest BCUT2D eigenvalue weighted by Crippen LogP contribution is 2.27. The minimum atomic E-state index is -3.98. The van der Waals surface area contributed by atoms with Crippen molar-refractivity contribution in [2.75, 3.05) is 4.72 Å². The first-order valence-electron chi connectivity index (χ1n) is 9.66. The average Bonchev–Trinajstić information content (AvgIpc) is 2.74. The normalized spacial score (nSPS) is 11.4. The molecule has 0 atom stereocenters. The number of anilines is 1. The van der Waals surface area contributed by atoms with Crippen molar-refractivity contribution in [2.24, 2.45) is 0 Å². The third kappa shape index (κ3) is 3.97. The van der Waals surface area contributed by atoms with Gasteiger partial charge in [-0.1, -0.05) is 36.4 Å². The number of hydrogen-bond donors (Lipinski definition) is 3. The number of Topliss-reactive ketones (excluding diaryl/α,β-unsaturated/α-hetero) is 1. The van der Waals surface area contributed by atoms with Gasteiger partial charge in [0.15, 0.2) is 5.78 Å². The summed E-state index contributed by atoms with van der Waals surface area (Å²) in [6.45, 7) is 3.09. The van der Waals surface area contributed by atoms with Gasteiger partial charge in [-0.3, -0.25) is 19.1 Å². The van der Waals surface area contributed by atoms with Crippen LogP contribution in [0.2, 0.25) is 0 Å². The van der Waals surface area contributed by atoms with Crippen LogP contribution < -0.4 is 15.8 Å². The van der Waals surface area contributed by atoms with E-state index in [-0.39, 0.29) is 16.2 Å². The summed E-state index contributed by atoms with van der Waals surface area (Å²) < 4.78 is 28.5. The molecule has 3 aromatic carbocycles. The Bertz CT molecular complexity index is 1580. The Morgan fingerprint density at radius 2 is 1.47 bits per heavy atom. The summed E-state index contributed by atoms with van der Waals surface area (Å²) >= 11 is 0. The SMILES string of the molecule is CC(=O)c1ccccc1-c1ccc(NS(=O)(=O)c2cc3[nH]c(=O)c(=O)[nH]c3cc2C)cc1. The van der Waals surface area contributed by atoms with Crippen LogP contribution in [0.15, 0.2) is 75.1 Å².